The molecule has 2 heteroatoms. The Morgan fingerprint density at radius 3 is 2.21 bits per heavy atom. The zero-order chi connectivity index (χ0) is 10.5. The molecular formula is C12H22NO. The van der Waals surface area contributed by atoms with E-state index in [2.05, 4.69) is 13.0 Å². The molecule has 0 saturated carbocycles. The number of hydrogen-bond acceptors (Lipinski definition) is 2. The van der Waals surface area contributed by atoms with Gasteiger partial charge in [0.1, 0.15) is 0 Å². The van der Waals surface area contributed by atoms with E-state index < -0.39 is 0 Å². The molecule has 0 heterocycles. The van der Waals surface area contributed by atoms with Crippen molar-refractivity contribution < 1.29 is 4.74 Å². The second-order valence-electron chi connectivity index (χ2n) is 3.50. The Kier molecular flexibility index (Phi) is 12.0. The van der Waals surface area contributed by atoms with E-state index in [-0.39, 0.29) is 0 Å². The third-order valence-electron chi connectivity index (χ3n) is 2.12. The maximum absolute atomic E-state index is 8.29. The molecule has 0 unspecified atom stereocenters. The second kappa shape index (κ2) is 12.4. The van der Waals surface area contributed by atoms with E-state index in [0.717, 1.165) is 38.9 Å². The van der Waals surface area contributed by atoms with Crippen molar-refractivity contribution in [2.75, 3.05) is 13.2 Å². The average Bonchev–Trinajstić information content (AvgIpc) is 2.21. The van der Waals surface area contributed by atoms with Gasteiger partial charge in [0.15, 0.2) is 0 Å². The van der Waals surface area contributed by atoms with Crippen LogP contribution in [0, 0.1) is 18.3 Å². The van der Waals surface area contributed by atoms with Crippen molar-refractivity contribution in [2.45, 2.75) is 51.4 Å². The summed E-state index contributed by atoms with van der Waals surface area (Å²) in [6.07, 6.45) is 8.64. The lowest BCUT2D eigenvalue weighted by Crippen LogP contribution is -1.96. The lowest BCUT2D eigenvalue weighted by atomic mass is 10.2. The molecule has 0 bridgehead atoms. The summed E-state index contributed by atoms with van der Waals surface area (Å²) in [6, 6.07) is 2.13. The van der Waals surface area contributed by atoms with Gasteiger partial charge in [-0.1, -0.05) is 32.6 Å². The summed E-state index contributed by atoms with van der Waals surface area (Å²) in [7, 11) is 0. The van der Waals surface area contributed by atoms with E-state index in [1.807, 2.05) is 0 Å². The van der Waals surface area contributed by atoms with E-state index >= 15 is 0 Å². The molecule has 0 saturated heterocycles. The van der Waals surface area contributed by atoms with Crippen LogP contribution in [0.5, 0.6) is 0 Å². The van der Waals surface area contributed by atoms with Crippen molar-refractivity contribution in [2.24, 2.45) is 0 Å². The molecule has 0 aliphatic heterocycles. The lowest BCUT2D eigenvalue weighted by molar-refractivity contribution is 0.126. The van der Waals surface area contributed by atoms with Gasteiger partial charge in [-0.15, -0.1) is 0 Å². The van der Waals surface area contributed by atoms with Gasteiger partial charge in [-0.2, -0.15) is 5.26 Å². The van der Waals surface area contributed by atoms with Crippen LogP contribution >= 0.6 is 0 Å². The SMILES string of the molecule is [CH2]CCCCCCOCCCCC#N. The third kappa shape index (κ3) is 11.4. The quantitative estimate of drug-likeness (QED) is 0.501. The van der Waals surface area contributed by atoms with Crippen molar-refractivity contribution in [3.63, 3.8) is 0 Å². The monoisotopic (exact) mass is 196 g/mol. The molecule has 0 N–H and O–H groups in total. The van der Waals surface area contributed by atoms with Gasteiger partial charge in [0.2, 0.25) is 0 Å². The van der Waals surface area contributed by atoms with Crippen LogP contribution in [0.25, 0.3) is 0 Å². The highest BCUT2D eigenvalue weighted by Crippen LogP contribution is 2.02. The number of nitrogens with zero attached hydrogens (tertiary/aromatic N) is 1. The van der Waals surface area contributed by atoms with Crippen LogP contribution in [0.15, 0.2) is 0 Å². The highest BCUT2D eigenvalue weighted by atomic mass is 16.5. The van der Waals surface area contributed by atoms with Gasteiger partial charge in [-0.05, 0) is 19.3 Å². The lowest BCUT2D eigenvalue weighted by Gasteiger charge is -2.02. The predicted molar refractivity (Wildman–Crippen MR) is 58.7 cm³/mol. The molecule has 0 aromatic heterocycles. The molecule has 0 fully saturated rings. The first kappa shape index (κ1) is 13.4. The summed E-state index contributed by atoms with van der Waals surface area (Å²) in [5, 5.41) is 8.29. The maximum atomic E-state index is 8.29. The minimum Gasteiger partial charge on any atom is -0.381 e. The summed E-state index contributed by atoms with van der Waals surface area (Å²) >= 11 is 0. The smallest absolute Gasteiger partial charge is 0.0621 e. The van der Waals surface area contributed by atoms with Crippen LogP contribution in [0.1, 0.15) is 51.4 Å². The summed E-state index contributed by atoms with van der Waals surface area (Å²) in [5.74, 6) is 0. The highest BCUT2D eigenvalue weighted by Gasteiger charge is 1.91. The van der Waals surface area contributed by atoms with Crippen molar-refractivity contribution in [1.29, 1.82) is 5.26 Å². The zero-order valence-electron chi connectivity index (χ0n) is 9.13. The Hall–Kier alpha value is -0.550. The number of unbranched alkanes of at least 4 members (excludes halogenated alkanes) is 6. The van der Waals surface area contributed by atoms with Gasteiger partial charge < -0.3 is 4.74 Å². The van der Waals surface area contributed by atoms with E-state index in [1.54, 1.807) is 0 Å². The van der Waals surface area contributed by atoms with Gasteiger partial charge >= 0.3 is 0 Å². The van der Waals surface area contributed by atoms with E-state index in [4.69, 9.17) is 10.00 Å². The summed E-state index contributed by atoms with van der Waals surface area (Å²) in [6.45, 7) is 5.50. The molecule has 2 nitrogen and oxygen atoms in total. The molecular weight excluding hydrogens is 174 g/mol. The van der Waals surface area contributed by atoms with Gasteiger partial charge in [-0.3, -0.25) is 0 Å². The number of rotatable bonds is 10. The minimum atomic E-state index is 0.660. The fraction of sp³-hybridized carbons (Fsp3) is 0.833. The van der Waals surface area contributed by atoms with Crippen molar-refractivity contribution in [3.05, 3.63) is 6.92 Å². The van der Waals surface area contributed by atoms with Gasteiger partial charge in [0, 0.05) is 19.6 Å². The van der Waals surface area contributed by atoms with Crippen LogP contribution in [-0.4, -0.2) is 13.2 Å². The first-order chi connectivity index (χ1) is 6.91. The van der Waals surface area contributed by atoms with Crippen LogP contribution in [0.4, 0.5) is 0 Å². The van der Waals surface area contributed by atoms with Crippen LogP contribution in [0.2, 0.25) is 0 Å². The fourth-order valence-electron chi connectivity index (χ4n) is 1.24. The molecule has 0 aromatic rings. The second-order valence-corrected chi connectivity index (χ2v) is 3.50. The van der Waals surface area contributed by atoms with Gasteiger partial charge in [-0.25, -0.2) is 0 Å². The molecule has 0 spiro atoms. The summed E-state index contributed by atoms with van der Waals surface area (Å²) in [4.78, 5) is 0. The topological polar surface area (TPSA) is 33.0 Å². The molecule has 81 valence electrons. The highest BCUT2D eigenvalue weighted by molar-refractivity contribution is 4.67. The Morgan fingerprint density at radius 1 is 0.929 bits per heavy atom. The summed E-state index contributed by atoms with van der Waals surface area (Å²) < 4.78 is 5.44. The molecule has 0 aromatic carbocycles. The van der Waals surface area contributed by atoms with Crippen molar-refractivity contribution in [3.8, 4) is 6.07 Å². The third-order valence-corrected chi connectivity index (χ3v) is 2.12. The Bertz CT molecular complexity index is 140. The van der Waals surface area contributed by atoms with Gasteiger partial charge in [0.25, 0.3) is 0 Å². The first-order valence-electron chi connectivity index (χ1n) is 5.65. The summed E-state index contributed by atoms with van der Waals surface area (Å²) in [5.41, 5.74) is 0. The molecule has 14 heavy (non-hydrogen) atoms. The fourth-order valence-corrected chi connectivity index (χ4v) is 1.24. The van der Waals surface area contributed by atoms with E-state index in [1.165, 1.54) is 19.3 Å². The molecule has 1 radical (unpaired) electrons. The standard InChI is InChI=1S/C12H22NO/c1-2-3-4-5-8-11-14-12-9-6-7-10-13/h1-9,11-12H2. The van der Waals surface area contributed by atoms with Gasteiger partial charge in [0.05, 0.1) is 6.07 Å². The largest absolute Gasteiger partial charge is 0.381 e. The number of hydrogen-bond donors (Lipinski definition) is 0. The molecule has 0 aliphatic rings. The molecule has 0 rings (SSSR count). The number of nitriles is 1. The van der Waals surface area contributed by atoms with Crippen LogP contribution in [0.3, 0.4) is 0 Å². The van der Waals surface area contributed by atoms with Crippen molar-refractivity contribution in [1.82, 2.24) is 0 Å². The predicted octanol–water partition coefficient (Wildman–Crippen LogP) is 3.48. The molecule has 0 aliphatic carbocycles. The average molecular weight is 196 g/mol. The minimum absolute atomic E-state index is 0.660. The van der Waals surface area contributed by atoms with E-state index in [0.29, 0.717) is 6.42 Å². The Labute approximate surface area is 88.3 Å². The van der Waals surface area contributed by atoms with Crippen LogP contribution in [-0.2, 0) is 4.74 Å². The van der Waals surface area contributed by atoms with E-state index in [9.17, 15) is 0 Å². The number of ether oxygens (including phenoxy) is 1. The Balaban J connectivity index is 2.82. The van der Waals surface area contributed by atoms with Crippen molar-refractivity contribution >= 4 is 0 Å². The Morgan fingerprint density at radius 2 is 1.57 bits per heavy atom. The normalized spacial score (nSPS) is 10.0. The molecule has 0 atom stereocenters. The molecule has 0 amide bonds. The first-order valence-corrected chi connectivity index (χ1v) is 5.65. The maximum Gasteiger partial charge on any atom is 0.0621 e. The van der Waals surface area contributed by atoms with Crippen LogP contribution < -0.4 is 0 Å². The zero-order valence-corrected chi connectivity index (χ0v) is 9.13.